The Morgan fingerprint density at radius 1 is 1.75 bits per heavy atom. The Labute approximate surface area is 72.1 Å². The quantitative estimate of drug-likeness (QED) is 0.358. The summed E-state index contributed by atoms with van der Waals surface area (Å²) in [6.07, 6.45) is 0. The Morgan fingerprint density at radius 3 is 1.75 bits per heavy atom. The summed E-state index contributed by atoms with van der Waals surface area (Å²) in [5.74, 6) is 0. The molecule has 0 aromatic heterocycles. The molecule has 3 nitrogen and oxygen atoms in total. The maximum atomic E-state index is 8.11. The molecule has 20 valence electrons. The van der Waals surface area contributed by atoms with Crippen LogP contribution < -0.4 is 0 Å². The van der Waals surface area contributed by atoms with E-state index in [1.54, 1.807) is 0 Å². The van der Waals surface area contributed by atoms with Crippen LogP contribution in [0, 0.1) is 4.91 Å². The van der Waals surface area contributed by atoms with Crippen LogP contribution in [0.5, 0.6) is 0 Å². The molecule has 4 heavy (non-hydrogen) atoms. The van der Waals surface area contributed by atoms with Gasteiger partial charge in [0.05, 0.1) is 0 Å². The average Bonchev–Trinajstić information content (AvgIpc) is 0.918. The first kappa shape index (κ1) is 8.96. The molecule has 0 aliphatic heterocycles. The van der Waals surface area contributed by atoms with Crippen LogP contribution in [0.4, 0.5) is 0 Å². The fourth-order valence-electron chi connectivity index (χ4n) is 0. The molecule has 0 aromatic carbocycles. The van der Waals surface area contributed by atoms with Gasteiger partial charge in [-0.15, -0.1) is 4.91 Å². The molecular weight excluding hydrogens is 131 g/mol. The minimum absolute atomic E-state index is 0. The Balaban J connectivity index is 0. The van der Waals surface area contributed by atoms with Crippen molar-refractivity contribution in [3.8, 4) is 0 Å². The molecule has 0 bridgehead atoms. The fraction of sp³-hybridized carbons (Fsp3) is 0. The zero-order valence-corrected chi connectivity index (χ0v) is 1.30. The molecule has 0 aliphatic rings. The van der Waals surface area contributed by atoms with Gasteiger partial charge in [0.2, 0.25) is 0 Å². The molecular formula is H2NO2Rb. The van der Waals surface area contributed by atoms with Crippen LogP contribution in [-0.2, 0) is 0 Å². The Kier molecular flexibility index (Phi) is 19.9. The van der Waals surface area contributed by atoms with Crippen LogP contribution in [0.25, 0.3) is 0 Å². The first-order valence-corrected chi connectivity index (χ1v) is 0.383. The first-order valence-electron chi connectivity index (χ1n) is 0.383. The van der Waals surface area contributed by atoms with Gasteiger partial charge in [-0.3, -0.25) is 0 Å². The summed E-state index contributed by atoms with van der Waals surface area (Å²) in [6, 6.07) is 0. The third-order valence-electron chi connectivity index (χ3n) is 0. The van der Waals surface area contributed by atoms with Gasteiger partial charge < -0.3 is 5.21 Å². The molecule has 0 atom stereocenters. The molecule has 0 radical (unpaired) electrons. The third kappa shape index (κ3) is 10.7. The number of nitrogens with zero attached hydrogens (tertiary/aromatic N) is 1. The summed E-state index contributed by atoms with van der Waals surface area (Å²) < 4.78 is 0. The van der Waals surface area contributed by atoms with Crippen LogP contribution in [0.2, 0.25) is 0 Å². The Bertz CT molecular complexity index is 13.5. The van der Waals surface area contributed by atoms with Gasteiger partial charge >= 0.3 is 58.2 Å². The summed E-state index contributed by atoms with van der Waals surface area (Å²) >= 11 is 0. The van der Waals surface area contributed by atoms with E-state index >= 15 is 0 Å². The van der Waals surface area contributed by atoms with E-state index in [-0.39, 0.29) is 58.2 Å². The van der Waals surface area contributed by atoms with Crippen molar-refractivity contribution in [2.24, 2.45) is 5.34 Å². The SMILES string of the molecule is O=NO.[RbH]. The predicted octanol–water partition coefficient (Wildman–Crippen LogP) is -0.506. The van der Waals surface area contributed by atoms with Crippen molar-refractivity contribution >= 4 is 58.2 Å². The summed E-state index contributed by atoms with van der Waals surface area (Å²) in [7, 11) is 0. The maximum absolute atomic E-state index is 8.11. The van der Waals surface area contributed by atoms with E-state index in [1.165, 1.54) is 5.34 Å². The fourth-order valence-corrected chi connectivity index (χ4v) is 0. The van der Waals surface area contributed by atoms with E-state index in [9.17, 15) is 0 Å². The molecule has 0 unspecified atom stereocenters. The zero-order chi connectivity index (χ0) is 2.71. The molecule has 0 saturated carbocycles. The Hall–Kier alpha value is 1.21. The van der Waals surface area contributed by atoms with Gasteiger partial charge in [0.15, 0.2) is 5.34 Å². The normalized spacial score (nSPS) is 3.00. The van der Waals surface area contributed by atoms with Gasteiger partial charge in [-0.05, 0) is 0 Å². The van der Waals surface area contributed by atoms with Crippen molar-refractivity contribution in [1.82, 2.24) is 0 Å². The van der Waals surface area contributed by atoms with Gasteiger partial charge in [0.25, 0.3) is 0 Å². The van der Waals surface area contributed by atoms with Crippen molar-refractivity contribution in [2.45, 2.75) is 0 Å². The molecule has 4 heteroatoms. The second kappa shape index (κ2) is 8.88. The van der Waals surface area contributed by atoms with Crippen molar-refractivity contribution in [3.05, 3.63) is 4.91 Å². The first-order chi connectivity index (χ1) is 1.41. The second-order valence-corrected chi connectivity index (χ2v) is 0.0816. The van der Waals surface area contributed by atoms with Crippen molar-refractivity contribution in [1.29, 1.82) is 0 Å². The monoisotopic (exact) mass is 133 g/mol. The van der Waals surface area contributed by atoms with E-state index in [2.05, 4.69) is 0 Å². The molecule has 0 fully saturated rings. The summed E-state index contributed by atoms with van der Waals surface area (Å²) in [5, 5.41) is 7.89. The van der Waals surface area contributed by atoms with E-state index in [4.69, 9.17) is 10.1 Å². The van der Waals surface area contributed by atoms with E-state index in [0.29, 0.717) is 0 Å². The standard InChI is InChI=1S/HNO2.Rb.H/c2-1-3;;/h(H,2,3);;. The number of hydrogen-bond donors (Lipinski definition) is 1. The molecule has 0 saturated heterocycles. The predicted molar refractivity (Wildman–Crippen MR) is 14.7 cm³/mol. The number of rotatable bonds is 0. The van der Waals surface area contributed by atoms with Crippen LogP contribution in [0.3, 0.4) is 0 Å². The molecule has 0 rings (SSSR count). The second-order valence-electron chi connectivity index (χ2n) is 0.0816. The minimum atomic E-state index is 0. The van der Waals surface area contributed by atoms with Crippen LogP contribution in [0.15, 0.2) is 5.34 Å². The van der Waals surface area contributed by atoms with Gasteiger partial charge in [-0.2, -0.15) is 0 Å². The van der Waals surface area contributed by atoms with E-state index < -0.39 is 0 Å². The van der Waals surface area contributed by atoms with Crippen LogP contribution in [0.1, 0.15) is 0 Å². The van der Waals surface area contributed by atoms with Gasteiger partial charge in [-0.25, -0.2) is 0 Å². The van der Waals surface area contributed by atoms with Gasteiger partial charge in [0.1, 0.15) is 0 Å². The zero-order valence-electron chi connectivity index (χ0n) is 1.30. The summed E-state index contributed by atoms with van der Waals surface area (Å²) in [6.45, 7) is 0. The van der Waals surface area contributed by atoms with Gasteiger partial charge in [-0.1, -0.05) is 0 Å². The Morgan fingerprint density at radius 2 is 1.75 bits per heavy atom. The molecule has 0 aromatic rings. The van der Waals surface area contributed by atoms with E-state index in [1.807, 2.05) is 0 Å². The third-order valence-corrected chi connectivity index (χ3v) is 0. The summed E-state index contributed by atoms with van der Waals surface area (Å²) in [5.41, 5.74) is 0. The van der Waals surface area contributed by atoms with Crippen LogP contribution >= 0.6 is 0 Å². The average molecular weight is 133 g/mol. The van der Waals surface area contributed by atoms with Crippen molar-refractivity contribution in [3.63, 3.8) is 0 Å². The van der Waals surface area contributed by atoms with E-state index in [0.717, 1.165) is 0 Å². The molecule has 1 N–H and O–H groups in total. The number of hydrogen-bond acceptors (Lipinski definition) is 2. The van der Waals surface area contributed by atoms with Gasteiger partial charge in [0, 0.05) is 0 Å². The molecule has 0 spiro atoms. The topological polar surface area (TPSA) is 49.7 Å². The van der Waals surface area contributed by atoms with Crippen molar-refractivity contribution in [2.75, 3.05) is 0 Å². The van der Waals surface area contributed by atoms with Crippen molar-refractivity contribution < 1.29 is 5.21 Å². The molecule has 0 amide bonds. The van der Waals surface area contributed by atoms with Crippen LogP contribution in [-0.4, -0.2) is 63.4 Å². The summed E-state index contributed by atoms with van der Waals surface area (Å²) in [4.78, 5) is 8.11. The molecule has 0 heterocycles. The molecule has 0 aliphatic carbocycles.